The summed E-state index contributed by atoms with van der Waals surface area (Å²) in [6.45, 7) is 1.88. The smallest absolute Gasteiger partial charge is 0.269 e. The third-order valence-electron chi connectivity index (χ3n) is 3.92. The summed E-state index contributed by atoms with van der Waals surface area (Å²) in [6.07, 6.45) is 1.69. The molecule has 3 aromatic heterocycles. The third kappa shape index (κ3) is 2.99. The number of pyridine rings is 1. The molecular weight excluding hydrogens is 316 g/mol. The standard InChI is InChI=1S/C18H16N6O/c1-11(17-21-13-7-2-3-8-14(13)22-17)20-18(25)16-10-15(23-24-16)12-6-4-5-9-19-12/h2-11H,1H3,(H,20,25)(H,21,22)(H,23,24)/t11-/m0/s1. The molecular formula is C18H16N6O. The number of aromatic amines is 2. The number of benzene rings is 1. The van der Waals surface area contributed by atoms with Crippen LogP contribution in [-0.2, 0) is 0 Å². The number of nitrogens with one attached hydrogen (secondary N) is 3. The van der Waals surface area contributed by atoms with Gasteiger partial charge in [0.15, 0.2) is 0 Å². The number of nitrogens with zero attached hydrogens (tertiary/aromatic N) is 3. The van der Waals surface area contributed by atoms with Gasteiger partial charge < -0.3 is 10.3 Å². The topological polar surface area (TPSA) is 99.3 Å². The summed E-state index contributed by atoms with van der Waals surface area (Å²) in [4.78, 5) is 24.4. The second-order valence-electron chi connectivity index (χ2n) is 5.72. The number of hydrogen-bond acceptors (Lipinski definition) is 4. The van der Waals surface area contributed by atoms with E-state index in [9.17, 15) is 4.79 Å². The molecule has 3 N–H and O–H groups in total. The van der Waals surface area contributed by atoms with E-state index in [0.29, 0.717) is 22.9 Å². The summed E-state index contributed by atoms with van der Waals surface area (Å²) in [5.41, 5.74) is 3.53. The molecule has 124 valence electrons. The predicted octanol–water partition coefficient (Wildman–Crippen LogP) is 2.84. The van der Waals surface area contributed by atoms with Gasteiger partial charge in [-0.2, -0.15) is 5.10 Å². The van der Waals surface area contributed by atoms with Gasteiger partial charge in [-0.1, -0.05) is 18.2 Å². The molecule has 0 unspecified atom stereocenters. The second-order valence-corrected chi connectivity index (χ2v) is 5.72. The molecule has 1 atom stereocenters. The fourth-order valence-electron chi connectivity index (χ4n) is 2.60. The highest BCUT2D eigenvalue weighted by Gasteiger charge is 2.17. The molecule has 4 aromatic rings. The Bertz CT molecular complexity index is 987. The number of para-hydroxylation sites is 2. The molecule has 0 aliphatic rings. The third-order valence-corrected chi connectivity index (χ3v) is 3.92. The average molecular weight is 332 g/mol. The first-order chi connectivity index (χ1) is 12.2. The molecule has 0 bridgehead atoms. The van der Waals surface area contributed by atoms with E-state index in [1.165, 1.54) is 0 Å². The van der Waals surface area contributed by atoms with E-state index in [1.54, 1.807) is 12.3 Å². The highest BCUT2D eigenvalue weighted by Crippen LogP contribution is 2.17. The number of fused-ring (bicyclic) bond motifs is 1. The van der Waals surface area contributed by atoms with Crippen LogP contribution in [0.5, 0.6) is 0 Å². The minimum atomic E-state index is -0.262. The van der Waals surface area contributed by atoms with E-state index in [2.05, 4.69) is 30.5 Å². The van der Waals surface area contributed by atoms with Crippen LogP contribution in [0.4, 0.5) is 0 Å². The molecule has 7 nitrogen and oxygen atoms in total. The maximum absolute atomic E-state index is 12.4. The van der Waals surface area contributed by atoms with Crippen LogP contribution in [0, 0.1) is 0 Å². The molecule has 0 radical (unpaired) electrons. The first-order valence-corrected chi connectivity index (χ1v) is 7.93. The molecule has 0 fully saturated rings. The Morgan fingerprint density at radius 2 is 1.96 bits per heavy atom. The van der Waals surface area contributed by atoms with Crippen molar-refractivity contribution in [2.75, 3.05) is 0 Å². The number of hydrogen-bond donors (Lipinski definition) is 3. The number of H-pyrrole nitrogens is 2. The van der Waals surface area contributed by atoms with Gasteiger partial charge >= 0.3 is 0 Å². The van der Waals surface area contributed by atoms with Crippen LogP contribution in [0.1, 0.15) is 29.3 Å². The summed E-state index contributed by atoms with van der Waals surface area (Å²) in [7, 11) is 0. The summed E-state index contributed by atoms with van der Waals surface area (Å²) in [5.74, 6) is 0.460. The Kier molecular flexibility index (Phi) is 3.74. The lowest BCUT2D eigenvalue weighted by Gasteiger charge is -2.10. The molecule has 1 aromatic carbocycles. The monoisotopic (exact) mass is 332 g/mol. The van der Waals surface area contributed by atoms with Crippen LogP contribution in [-0.4, -0.2) is 31.1 Å². The Labute approximate surface area is 143 Å². The zero-order valence-electron chi connectivity index (χ0n) is 13.5. The molecule has 4 rings (SSSR count). The molecule has 1 amide bonds. The van der Waals surface area contributed by atoms with E-state index in [1.807, 2.05) is 49.4 Å². The van der Waals surface area contributed by atoms with Gasteiger partial charge in [0.1, 0.15) is 17.2 Å². The molecule has 0 saturated carbocycles. The molecule has 0 aliphatic carbocycles. The van der Waals surface area contributed by atoms with Crippen molar-refractivity contribution in [2.24, 2.45) is 0 Å². The van der Waals surface area contributed by atoms with Crippen molar-refractivity contribution < 1.29 is 4.79 Å². The summed E-state index contributed by atoms with van der Waals surface area (Å²) in [6, 6.07) is 14.7. The van der Waals surface area contributed by atoms with Crippen molar-refractivity contribution >= 4 is 16.9 Å². The van der Waals surface area contributed by atoms with E-state index in [0.717, 1.165) is 11.0 Å². The number of imidazole rings is 1. The van der Waals surface area contributed by atoms with Crippen molar-refractivity contribution in [2.45, 2.75) is 13.0 Å². The normalized spacial score (nSPS) is 12.2. The Balaban J connectivity index is 1.51. The Hall–Kier alpha value is -3.48. The van der Waals surface area contributed by atoms with Crippen LogP contribution in [0.3, 0.4) is 0 Å². The lowest BCUT2D eigenvalue weighted by molar-refractivity contribution is 0.0933. The first-order valence-electron chi connectivity index (χ1n) is 7.93. The minimum Gasteiger partial charge on any atom is -0.341 e. The van der Waals surface area contributed by atoms with Gasteiger partial charge in [0, 0.05) is 6.20 Å². The number of carbonyl (C=O) groups excluding carboxylic acids is 1. The van der Waals surface area contributed by atoms with Crippen molar-refractivity contribution in [3.8, 4) is 11.4 Å². The SMILES string of the molecule is C[C@H](NC(=O)c1cc(-c2ccccn2)n[nH]1)c1nc2ccccc2[nH]1. The summed E-state index contributed by atoms with van der Waals surface area (Å²) >= 11 is 0. The van der Waals surface area contributed by atoms with Crippen LogP contribution >= 0.6 is 0 Å². The predicted molar refractivity (Wildman–Crippen MR) is 93.8 cm³/mol. The van der Waals surface area contributed by atoms with Crippen molar-refractivity contribution in [1.82, 2.24) is 30.5 Å². The van der Waals surface area contributed by atoms with Crippen molar-refractivity contribution in [3.05, 3.63) is 66.2 Å². The number of carbonyl (C=O) groups is 1. The van der Waals surface area contributed by atoms with Gasteiger partial charge in [-0.25, -0.2) is 4.98 Å². The fraction of sp³-hybridized carbons (Fsp3) is 0.111. The number of rotatable bonds is 4. The van der Waals surface area contributed by atoms with Crippen LogP contribution in [0.25, 0.3) is 22.4 Å². The molecule has 3 heterocycles. The van der Waals surface area contributed by atoms with Crippen LogP contribution < -0.4 is 5.32 Å². The van der Waals surface area contributed by atoms with Gasteiger partial charge in [0.25, 0.3) is 5.91 Å². The minimum absolute atomic E-state index is 0.248. The molecule has 0 spiro atoms. The zero-order valence-corrected chi connectivity index (χ0v) is 13.5. The van der Waals surface area contributed by atoms with E-state index in [4.69, 9.17) is 0 Å². The molecule has 25 heavy (non-hydrogen) atoms. The lowest BCUT2D eigenvalue weighted by Crippen LogP contribution is -2.27. The highest BCUT2D eigenvalue weighted by atomic mass is 16.2. The van der Waals surface area contributed by atoms with Crippen molar-refractivity contribution in [3.63, 3.8) is 0 Å². The largest absolute Gasteiger partial charge is 0.341 e. The Morgan fingerprint density at radius 3 is 2.76 bits per heavy atom. The van der Waals surface area contributed by atoms with E-state index < -0.39 is 0 Å². The summed E-state index contributed by atoms with van der Waals surface area (Å²) in [5, 5.41) is 9.82. The first kappa shape index (κ1) is 15.1. The van der Waals surface area contributed by atoms with Crippen molar-refractivity contribution in [1.29, 1.82) is 0 Å². The van der Waals surface area contributed by atoms with E-state index >= 15 is 0 Å². The van der Waals surface area contributed by atoms with Crippen LogP contribution in [0.2, 0.25) is 0 Å². The van der Waals surface area contributed by atoms with Gasteiger partial charge in [-0.05, 0) is 37.3 Å². The number of aromatic nitrogens is 5. The molecule has 0 saturated heterocycles. The average Bonchev–Trinajstić information content (AvgIpc) is 3.29. The maximum atomic E-state index is 12.4. The summed E-state index contributed by atoms with van der Waals surface area (Å²) < 4.78 is 0. The van der Waals surface area contributed by atoms with Crippen LogP contribution in [0.15, 0.2) is 54.7 Å². The zero-order chi connectivity index (χ0) is 17.2. The van der Waals surface area contributed by atoms with Gasteiger partial charge in [0.2, 0.25) is 0 Å². The van der Waals surface area contributed by atoms with E-state index in [-0.39, 0.29) is 11.9 Å². The fourth-order valence-corrected chi connectivity index (χ4v) is 2.60. The van der Waals surface area contributed by atoms with Gasteiger partial charge in [-0.3, -0.25) is 14.9 Å². The molecule has 0 aliphatic heterocycles. The highest BCUT2D eigenvalue weighted by molar-refractivity contribution is 5.93. The lowest BCUT2D eigenvalue weighted by atomic mass is 10.2. The quantitative estimate of drug-likeness (QED) is 0.535. The molecule has 7 heteroatoms. The number of amides is 1. The van der Waals surface area contributed by atoms with Gasteiger partial charge in [0.05, 0.1) is 22.8 Å². The second kappa shape index (κ2) is 6.20. The maximum Gasteiger partial charge on any atom is 0.269 e. The Morgan fingerprint density at radius 1 is 1.12 bits per heavy atom. The van der Waals surface area contributed by atoms with Gasteiger partial charge in [-0.15, -0.1) is 0 Å².